The number of carbonyl (C=O) groups excluding carboxylic acids is 1. The molecule has 0 radical (unpaired) electrons. The normalized spacial score (nSPS) is 14.4. The highest BCUT2D eigenvalue weighted by molar-refractivity contribution is 5.79. The van der Waals surface area contributed by atoms with Crippen molar-refractivity contribution < 1.29 is 53.3 Å². The highest BCUT2D eigenvalue weighted by atomic mass is 16.6. The monoisotopic (exact) mass is 733 g/mol. The number of fused-ring (bicyclic) bond motifs is 3. The molecule has 0 fully saturated rings. The highest BCUT2D eigenvalue weighted by Crippen LogP contribution is 2.44. The second-order valence-electron chi connectivity index (χ2n) is 13.5. The van der Waals surface area contributed by atoms with Crippen LogP contribution in [0.4, 0.5) is 4.79 Å². The van der Waals surface area contributed by atoms with Gasteiger partial charge in [-0.3, -0.25) is 15.4 Å². The zero-order valence-electron chi connectivity index (χ0n) is 30.8. The first-order chi connectivity index (χ1) is 25.0. The van der Waals surface area contributed by atoms with E-state index in [1.54, 1.807) is 0 Å². The number of carboxylic acids is 1. The Balaban J connectivity index is 1.14. The van der Waals surface area contributed by atoms with E-state index in [9.17, 15) is 24.9 Å². The molecule has 0 unspecified atom stereocenters. The van der Waals surface area contributed by atoms with Gasteiger partial charge in [-0.2, -0.15) is 0 Å². The lowest BCUT2D eigenvalue weighted by Crippen LogP contribution is -2.39. The average Bonchev–Trinajstić information content (AvgIpc) is 3.41. The Bertz CT molecular complexity index is 1260. The third-order valence-electron chi connectivity index (χ3n) is 8.13. The van der Waals surface area contributed by atoms with E-state index in [0.29, 0.717) is 91.6 Å². The molecule has 3 atom stereocenters. The number of amides is 1. The Labute approximate surface area is 307 Å². The van der Waals surface area contributed by atoms with Crippen LogP contribution in [0, 0.1) is 0 Å². The number of ether oxygens (including phenoxy) is 6. The van der Waals surface area contributed by atoms with Crippen LogP contribution in [-0.4, -0.2) is 124 Å². The number of aliphatic hydroxyl groups excluding tert-OH is 2. The molecule has 1 amide bonds. The molecule has 292 valence electrons. The zero-order chi connectivity index (χ0) is 37.6. The van der Waals surface area contributed by atoms with Crippen LogP contribution in [0.2, 0.25) is 0 Å². The third-order valence-corrected chi connectivity index (χ3v) is 8.13. The quantitative estimate of drug-likeness (QED) is 0.0551. The Morgan fingerprint density at radius 3 is 1.87 bits per heavy atom. The van der Waals surface area contributed by atoms with Gasteiger partial charge in [0.2, 0.25) is 6.41 Å². The van der Waals surface area contributed by atoms with Gasteiger partial charge in [0, 0.05) is 24.9 Å². The lowest BCUT2D eigenvalue weighted by molar-refractivity contribution is -0.182. The van der Waals surface area contributed by atoms with Crippen LogP contribution in [-0.2, 0) is 33.2 Å². The number of carboxylic acid groups (broad SMARTS) is 1. The third kappa shape index (κ3) is 17.6. The molecule has 0 saturated carbocycles. The van der Waals surface area contributed by atoms with E-state index in [1.165, 1.54) is 0 Å². The van der Waals surface area contributed by atoms with Gasteiger partial charge in [0.05, 0.1) is 64.9 Å². The molecule has 3 rings (SSSR count). The minimum Gasteiger partial charge on any atom is -0.481 e. The second-order valence-corrected chi connectivity index (χ2v) is 13.5. The molecule has 0 aliphatic heterocycles. The van der Waals surface area contributed by atoms with Crippen molar-refractivity contribution >= 4 is 12.1 Å². The first-order valence-corrected chi connectivity index (χ1v) is 18.2. The van der Waals surface area contributed by atoms with E-state index in [1.807, 2.05) is 57.2 Å². The number of aliphatic hydroxyl groups is 2. The summed E-state index contributed by atoms with van der Waals surface area (Å²) in [5.74, 6) is -1.07. The molecule has 0 heterocycles. The van der Waals surface area contributed by atoms with Crippen LogP contribution in [0.5, 0.6) is 0 Å². The molecule has 52 heavy (non-hydrogen) atoms. The Hall–Kier alpha value is -3.18. The van der Waals surface area contributed by atoms with E-state index in [0.717, 1.165) is 22.3 Å². The SMILES string of the molecule is CC(C)(C)O[C@@H](O)NCCOCCOCCOCCOCC[C@@H](O)NCCCC[C@H](CC(=O)O)NC(=O)OCC1c2ccccc2-c2ccccc21. The van der Waals surface area contributed by atoms with E-state index in [4.69, 9.17) is 28.4 Å². The summed E-state index contributed by atoms with van der Waals surface area (Å²) in [6.45, 7) is 10.1. The fourth-order valence-corrected chi connectivity index (χ4v) is 5.72. The molecule has 0 spiro atoms. The molecule has 0 aromatic heterocycles. The summed E-state index contributed by atoms with van der Waals surface area (Å²) >= 11 is 0. The molecule has 6 N–H and O–H groups in total. The van der Waals surface area contributed by atoms with Gasteiger partial charge in [-0.05, 0) is 62.4 Å². The lowest BCUT2D eigenvalue weighted by atomic mass is 9.98. The number of unbranched alkanes of at least 4 members (excludes halogenated alkanes) is 1. The number of aliphatic carboxylic acids is 1. The number of hydrogen-bond donors (Lipinski definition) is 6. The minimum atomic E-state index is -1.03. The number of carbonyl (C=O) groups is 2. The maximum atomic E-state index is 12.7. The van der Waals surface area contributed by atoms with Gasteiger partial charge in [0.15, 0.2) is 0 Å². The van der Waals surface area contributed by atoms with Crippen molar-refractivity contribution in [3.8, 4) is 11.1 Å². The molecule has 14 nitrogen and oxygen atoms in total. The van der Waals surface area contributed by atoms with Gasteiger partial charge < -0.3 is 49.1 Å². The minimum absolute atomic E-state index is 0.0771. The van der Waals surface area contributed by atoms with Gasteiger partial charge in [0.25, 0.3) is 0 Å². The van der Waals surface area contributed by atoms with Crippen LogP contribution in [0.3, 0.4) is 0 Å². The average molecular weight is 734 g/mol. The van der Waals surface area contributed by atoms with Crippen LogP contribution < -0.4 is 16.0 Å². The van der Waals surface area contributed by atoms with Gasteiger partial charge in [0.1, 0.15) is 12.8 Å². The first kappa shape index (κ1) is 43.2. The topological polar surface area (TPSA) is 186 Å². The van der Waals surface area contributed by atoms with Gasteiger partial charge >= 0.3 is 12.1 Å². The first-order valence-electron chi connectivity index (χ1n) is 18.2. The van der Waals surface area contributed by atoms with E-state index in [-0.39, 0.29) is 18.9 Å². The molecule has 2 aromatic rings. The summed E-state index contributed by atoms with van der Waals surface area (Å²) in [4.78, 5) is 24.1. The largest absolute Gasteiger partial charge is 0.481 e. The van der Waals surface area contributed by atoms with Crippen LogP contribution >= 0.6 is 0 Å². The maximum Gasteiger partial charge on any atom is 0.407 e. The standard InChI is InChI=1S/C38H59N3O11/c1-38(2,3)52-36(45)40-17-19-48-21-23-50-25-24-49-22-20-47-18-15-34(42)39-16-9-8-10-28(26-35(43)44)41-37(46)51-27-33-31-13-6-4-11-29(31)30-12-5-7-14-32(30)33/h4-7,11-14,28,33-34,36,39-40,42,45H,8-10,15-27H2,1-3H3,(H,41,46)(H,43,44)/t28-,34-,36-/m1/s1. The Kier molecular flexibility index (Phi) is 20.1. The Morgan fingerprint density at radius 1 is 0.731 bits per heavy atom. The summed E-state index contributed by atoms with van der Waals surface area (Å²) < 4.78 is 32.8. The maximum absolute atomic E-state index is 12.7. The number of rotatable bonds is 28. The number of alkyl carbamates (subject to hydrolysis) is 1. The molecule has 2 aromatic carbocycles. The van der Waals surface area contributed by atoms with Crippen molar-refractivity contribution in [1.29, 1.82) is 0 Å². The summed E-state index contributed by atoms with van der Waals surface area (Å²) in [6.07, 6.45) is -0.382. The van der Waals surface area contributed by atoms with E-state index < -0.39 is 36.3 Å². The van der Waals surface area contributed by atoms with Crippen LogP contribution in [0.15, 0.2) is 48.5 Å². The van der Waals surface area contributed by atoms with Crippen molar-refractivity contribution in [3.63, 3.8) is 0 Å². The van der Waals surface area contributed by atoms with Crippen molar-refractivity contribution in [3.05, 3.63) is 59.7 Å². The predicted octanol–water partition coefficient (Wildman–Crippen LogP) is 3.58. The zero-order valence-corrected chi connectivity index (χ0v) is 30.8. The summed E-state index contributed by atoms with van der Waals surface area (Å²) in [5.41, 5.74) is 4.05. The van der Waals surface area contributed by atoms with E-state index >= 15 is 0 Å². The van der Waals surface area contributed by atoms with Crippen LogP contribution in [0.1, 0.15) is 69.9 Å². The summed E-state index contributed by atoms with van der Waals surface area (Å²) in [5, 5.41) is 37.8. The highest BCUT2D eigenvalue weighted by Gasteiger charge is 2.29. The van der Waals surface area contributed by atoms with Gasteiger partial charge in [-0.15, -0.1) is 0 Å². The van der Waals surface area contributed by atoms with Crippen molar-refractivity contribution in [2.75, 3.05) is 72.6 Å². The van der Waals surface area contributed by atoms with Crippen molar-refractivity contribution in [2.24, 2.45) is 0 Å². The van der Waals surface area contributed by atoms with Gasteiger partial charge in [-0.25, -0.2) is 4.79 Å². The fraction of sp³-hybridized carbons (Fsp3) is 0.632. The molecular weight excluding hydrogens is 674 g/mol. The molecule has 0 bridgehead atoms. The molecule has 1 aliphatic rings. The van der Waals surface area contributed by atoms with Gasteiger partial charge in [-0.1, -0.05) is 55.0 Å². The van der Waals surface area contributed by atoms with Crippen molar-refractivity contribution in [1.82, 2.24) is 16.0 Å². The molecule has 0 saturated heterocycles. The summed E-state index contributed by atoms with van der Waals surface area (Å²) in [6, 6.07) is 15.6. The number of nitrogens with one attached hydrogen (secondary N) is 3. The van der Waals surface area contributed by atoms with Crippen LogP contribution in [0.25, 0.3) is 11.1 Å². The van der Waals surface area contributed by atoms with Crippen molar-refractivity contribution in [2.45, 2.75) is 83.1 Å². The Morgan fingerprint density at radius 2 is 1.29 bits per heavy atom. The number of benzene rings is 2. The summed E-state index contributed by atoms with van der Waals surface area (Å²) in [7, 11) is 0. The predicted molar refractivity (Wildman–Crippen MR) is 195 cm³/mol. The molecule has 1 aliphatic carbocycles. The number of hydrogen-bond acceptors (Lipinski definition) is 12. The lowest BCUT2D eigenvalue weighted by Gasteiger charge is -2.24. The second kappa shape index (κ2) is 24.2. The van der Waals surface area contributed by atoms with E-state index in [2.05, 4.69) is 28.1 Å². The molecule has 14 heteroatoms. The smallest absolute Gasteiger partial charge is 0.407 e. The molecular formula is C38H59N3O11. The fourth-order valence-electron chi connectivity index (χ4n) is 5.72.